The van der Waals surface area contributed by atoms with E-state index in [4.69, 9.17) is 0 Å². The highest BCUT2D eigenvalue weighted by Gasteiger charge is 2.16. The zero-order valence-electron chi connectivity index (χ0n) is 14.9. The number of hydrogen-bond donors (Lipinski definition) is 2. The van der Waals surface area contributed by atoms with E-state index in [1.807, 2.05) is 12.1 Å². The van der Waals surface area contributed by atoms with E-state index in [1.54, 1.807) is 19.1 Å². The van der Waals surface area contributed by atoms with Crippen molar-refractivity contribution >= 4 is 27.7 Å². The van der Waals surface area contributed by atoms with Crippen molar-refractivity contribution < 1.29 is 9.59 Å². The predicted molar refractivity (Wildman–Crippen MR) is 104 cm³/mol. The number of halogens is 1. The van der Waals surface area contributed by atoms with Gasteiger partial charge in [-0.1, -0.05) is 28.8 Å². The second-order valence-electron chi connectivity index (χ2n) is 6.60. The first-order chi connectivity index (χ1) is 12.1. The minimum absolute atomic E-state index is 0.138. The van der Waals surface area contributed by atoms with Gasteiger partial charge in [0.25, 0.3) is 5.91 Å². The molecular formula is C19H28BrN3O2. The summed E-state index contributed by atoms with van der Waals surface area (Å²) >= 11 is 3.34. The largest absolute Gasteiger partial charge is 0.354 e. The molecule has 6 heteroatoms. The van der Waals surface area contributed by atoms with Gasteiger partial charge in [0.15, 0.2) is 0 Å². The molecule has 0 bridgehead atoms. The molecule has 2 N–H and O–H groups in total. The van der Waals surface area contributed by atoms with Crippen LogP contribution in [-0.4, -0.2) is 48.9 Å². The molecule has 5 nitrogen and oxygen atoms in total. The van der Waals surface area contributed by atoms with Crippen LogP contribution >= 0.6 is 15.9 Å². The molecule has 0 spiro atoms. The van der Waals surface area contributed by atoms with Gasteiger partial charge in [-0.15, -0.1) is 0 Å². The third-order valence-corrected chi connectivity index (χ3v) is 5.02. The van der Waals surface area contributed by atoms with Crippen molar-refractivity contribution in [3.63, 3.8) is 0 Å². The van der Waals surface area contributed by atoms with Crippen LogP contribution in [0.5, 0.6) is 0 Å². The zero-order valence-corrected chi connectivity index (χ0v) is 16.5. The third kappa shape index (κ3) is 7.16. The van der Waals surface area contributed by atoms with Crippen LogP contribution in [0.1, 0.15) is 49.4 Å². The van der Waals surface area contributed by atoms with E-state index in [1.165, 1.54) is 38.8 Å². The first kappa shape index (κ1) is 19.9. The van der Waals surface area contributed by atoms with Gasteiger partial charge in [-0.2, -0.15) is 0 Å². The maximum Gasteiger partial charge on any atom is 0.251 e. The monoisotopic (exact) mass is 409 g/mol. The van der Waals surface area contributed by atoms with E-state index in [9.17, 15) is 9.59 Å². The van der Waals surface area contributed by atoms with E-state index in [2.05, 4.69) is 31.5 Å². The molecule has 25 heavy (non-hydrogen) atoms. The van der Waals surface area contributed by atoms with E-state index < -0.39 is 6.04 Å². The summed E-state index contributed by atoms with van der Waals surface area (Å²) < 4.78 is 0.916. The van der Waals surface area contributed by atoms with Crippen LogP contribution in [0.2, 0.25) is 0 Å². The number of benzene rings is 1. The number of carbonyl (C=O) groups excluding carboxylic acids is 2. The van der Waals surface area contributed by atoms with Gasteiger partial charge in [-0.05, 0) is 70.1 Å². The van der Waals surface area contributed by atoms with E-state index >= 15 is 0 Å². The molecule has 1 aromatic carbocycles. The number of carbonyl (C=O) groups is 2. The molecule has 1 saturated heterocycles. The van der Waals surface area contributed by atoms with Crippen LogP contribution in [0.3, 0.4) is 0 Å². The summed E-state index contributed by atoms with van der Waals surface area (Å²) in [5.41, 5.74) is 0.545. The van der Waals surface area contributed by atoms with Gasteiger partial charge in [-0.3, -0.25) is 9.59 Å². The second-order valence-corrected chi connectivity index (χ2v) is 7.52. The molecule has 1 heterocycles. The molecular weight excluding hydrogens is 382 g/mol. The molecule has 0 aliphatic carbocycles. The summed E-state index contributed by atoms with van der Waals surface area (Å²) in [7, 11) is 0. The topological polar surface area (TPSA) is 61.4 Å². The fourth-order valence-electron chi connectivity index (χ4n) is 2.97. The van der Waals surface area contributed by atoms with E-state index in [0.29, 0.717) is 12.1 Å². The van der Waals surface area contributed by atoms with Crippen LogP contribution in [0.15, 0.2) is 28.7 Å². The van der Waals surface area contributed by atoms with Crippen molar-refractivity contribution in [3.8, 4) is 0 Å². The Morgan fingerprint density at radius 2 is 1.76 bits per heavy atom. The summed E-state index contributed by atoms with van der Waals surface area (Å²) in [6, 6.07) is 6.52. The van der Waals surface area contributed by atoms with Crippen LogP contribution in [0.4, 0.5) is 0 Å². The Hall–Kier alpha value is -1.40. The van der Waals surface area contributed by atoms with Crippen LogP contribution in [-0.2, 0) is 4.79 Å². The average molecular weight is 410 g/mol. The van der Waals surface area contributed by atoms with Crippen molar-refractivity contribution in [1.82, 2.24) is 15.5 Å². The first-order valence-electron chi connectivity index (χ1n) is 9.13. The predicted octanol–water partition coefficient (Wildman–Crippen LogP) is 2.95. The van der Waals surface area contributed by atoms with Gasteiger partial charge in [0.1, 0.15) is 6.04 Å². The summed E-state index contributed by atoms with van der Waals surface area (Å²) in [5, 5.41) is 5.65. The third-order valence-electron chi connectivity index (χ3n) is 4.50. The molecule has 1 aromatic rings. The Kier molecular flexibility index (Phi) is 8.41. The summed E-state index contributed by atoms with van der Waals surface area (Å²) in [5.74, 6) is -0.374. The Labute approximate surface area is 158 Å². The lowest BCUT2D eigenvalue weighted by atomic mass is 10.2. The Balaban J connectivity index is 1.65. The minimum Gasteiger partial charge on any atom is -0.354 e. The van der Waals surface area contributed by atoms with Crippen LogP contribution < -0.4 is 10.6 Å². The van der Waals surface area contributed by atoms with Crippen LogP contribution in [0, 0.1) is 0 Å². The summed E-state index contributed by atoms with van der Waals surface area (Å²) in [4.78, 5) is 26.7. The Morgan fingerprint density at radius 3 is 2.40 bits per heavy atom. The van der Waals surface area contributed by atoms with Crippen molar-refractivity contribution in [2.24, 2.45) is 0 Å². The molecule has 1 aliphatic heterocycles. The van der Waals surface area contributed by atoms with Crippen molar-refractivity contribution in [2.45, 2.75) is 45.1 Å². The van der Waals surface area contributed by atoms with Gasteiger partial charge in [0.05, 0.1) is 0 Å². The quantitative estimate of drug-likeness (QED) is 0.680. The maximum absolute atomic E-state index is 12.1. The van der Waals surface area contributed by atoms with Gasteiger partial charge < -0.3 is 15.5 Å². The zero-order chi connectivity index (χ0) is 18.1. The number of amides is 2. The molecule has 0 unspecified atom stereocenters. The number of nitrogens with zero attached hydrogens (tertiary/aromatic N) is 1. The van der Waals surface area contributed by atoms with Crippen molar-refractivity contribution in [3.05, 3.63) is 34.3 Å². The van der Waals surface area contributed by atoms with Gasteiger partial charge in [-0.25, -0.2) is 0 Å². The second kappa shape index (κ2) is 10.6. The minimum atomic E-state index is -0.547. The number of nitrogens with one attached hydrogen (secondary N) is 2. The molecule has 1 fully saturated rings. The van der Waals surface area contributed by atoms with Gasteiger partial charge in [0, 0.05) is 16.6 Å². The molecule has 1 atom stereocenters. The molecule has 0 aromatic heterocycles. The number of likely N-dealkylation sites (tertiary alicyclic amines) is 1. The summed E-state index contributed by atoms with van der Waals surface area (Å²) in [6.45, 7) is 5.73. The smallest absolute Gasteiger partial charge is 0.251 e. The molecule has 0 saturated carbocycles. The lowest BCUT2D eigenvalue weighted by molar-refractivity contribution is -0.122. The van der Waals surface area contributed by atoms with E-state index in [0.717, 1.165) is 17.4 Å². The average Bonchev–Trinajstić information content (AvgIpc) is 2.87. The summed E-state index contributed by atoms with van der Waals surface area (Å²) in [6.07, 6.45) is 6.18. The number of rotatable bonds is 7. The lowest BCUT2D eigenvalue weighted by Crippen LogP contribution is -2.45. The molecule has 2 amide bonds. The van der Waals surface area contributed by atoms with Gasteiger partial charge in [0.2, 0.25) is 5.91 Å². The molecule has 138 valence electrons. The highest BCUT2D eigenvalue weighted by atomic mass is 79.9. The highest BCUT2D eigenvalue weighted by Crippen LogP contribution is 2.11. The van der Waals surface area contributed by atoms with Crippen molar-refractivity contribution in [1.29, 1.82) is 0 Å². The van der Waals surface area contributed by atoms with Gasteiger partial charge >= 0.3 is 0 Å². The SMILES string of the molecule is C[C@H](NC(=O)c1ccc(Br)cc1)C(=O)NCCCN1CCCCCC1. The Morgan fingerprint density at radius 1 is 1.12 bits per heavy atom. The molecule has 0 radical (unpaired) electrons. The molecule has 1 aliphatic rings. The standard InChI is InChI=1S/C19H28BrN3O2/c1-15(22-19(25)16-7-9-17(20)10-8-16)18(24)21-11-6-14-23-12-4-2-3-5-13-23/h7-10,15H,2-6,11-14H2,1H3,(H,21,24)(H,22,25)/t15-/m0/s1. The first-order valence-corrected chi connectivity index (χ1v) is 9.92. The fourth-order valence-corrected chi connectivity index (χ4v) is 3.24. The molecule has 2 rings (SSSR count). The van der Waals surface area contributed by atoms with Crippen molar-refractivity contribution in [2.75, 3.05) is 26.2 Å². The fraction of sp³-hybridized carbons (Fsp3) is 0.579. The number of hydrogen-bond acceptors (Lipinski definition) is 3. The lowest BCUT2D eigenvalue weighted by Gasteiger charge is -2.20. The normalized spacial score (nSPS) is 16.7. The maximum atomic E-state index is 12.1. The van der Waals surface area contributed by atoms with Crippen LogP contribution in [0.25, 0.3) is 0 Å². The Bertz CT molecular complexity index is 554. The van der Waals surface area contributed by atoms with E-state index in [-0.39, 0.29) is 11.8 Å². The highest BCUT2D eigenvalue weighted by molar-refractivity contribution is 9.10.